The van der Waals surface area contributed by atoms with E-state index in [1.54, 1.807) is 24.3 Å². The molecule has 7 heteroatoms. The number of ether oxygens (including phenoxy) is 3. The fourth-order valence-corrected chi connectivity index (χ4v) is 2.90. The van der Waals surface area contributed by atoms with Crippen LogP contribution in [0.25, 0.3) is 0 Å². The minimum absolute atomic E-state index is 0.131. The molecule has 0 saturated carbocycles. The van der Waals surface area contributed by atoms with E-state index in [-0.39, 0.29) is 24.4 Å². The van der Waals surface area contributed by atoms with Crippen LogP contribution in [-0.2, 0) is 4.79 Å². The van der Waals surface area contributed by atoms with Gasteiger partial charge in [0.1, 0.15) is 19.0 Å². The molecule has 2 aromatic carbocycles. The molecule has 3 rings (SSSR count). The van der Waals surface area contributed by atoms with Crippen LogP contribution >= 0.6 is 0 Å². The van der Waals surface area contributed by atoms with Gasteiger partial charge in [0.15, 0.2) is 11.5 Å². The maximum Gasteiger partial charge on any atom is 0.255 e. The molecule has 0 spiro atoms. The number of nitrogens with one attached hydrogen (secondary N) is 2. The van der Waals surface area contributed by atoms with Gasteiger partial charge < -0.3 is 24.8 Å². The molecule has 0 fully saturated rings. The first-order chi connectivity index (χ1) is 13.6. The molecule has 0 saturated heterocycles. The van der Waals surface area contributed by atoms with Crippen LogP contribution in [0.5, 0.6) is 17.2 Å². The highest BCUT2D eigenvalue weighted by atomic mass is 16.6. The fraction of sp³-hybridized carbons (Fsp3) is 0.333. The standard InChI is InChI=1S/C21H24N2O5/c1-3-26-17-7-5-4-6-16(17)21(25)22-13-20(24)23-14(2)15-8-9-18-19(12-15)28-11-10-27-18/h4-9,12,14H,3,10-11,13H2,1-2H3,(H,22,25)(H,23,24)/t14-/m0/s1. The summed E-state index contributed by atoms with van der Waals surface area (Å²) in [5.41, 5.74) is 1.29. The number of hydrogen-bond acceptors (Lipinski definition) is 5. The molecule has 0 unspecified atom stereocenters. The fourth-order valence-electron chi connectivity index (χ4n) is 2.90. The highest BCUT2D eigenvalue weighted by Gasteiger charge is 2.17. The second-order valence-electron chi connectivity index (χ2n) is 6.30. The van der Waals surface area contributed by atoms with Crippen LogP contribution in [-0.4, -0.2) is 38.2 Å². The minimum atomic E-state index is -0.355. The van der Waals surface area contributed by atoms with Crippen molar-refractivity contribution in [2.75, 3.05) is 26.4 Å². The van der Waals surface area contributed by atoms with E-state index in [9.17, 15) is 9.59 Å². The molecule has 2 N–H and O–H groups in total. The van der Waals surface area contributed by atoms with Gasteiger partial charge in [0, 0.05) is 0 Å². The third kappa shape index (κ3) is 4.73. The molecule has 1 heterocycles. The third-order valence-corrected chi connectivity index (χ3v) is 4.28. The van der Waals surface area contributed by atoms with E-state index in [0.29, 0.717) is 42.6 Å². The largest absolute Gasteiger partial charge is 0.493 e. The Morgan fingerprint density at radius 3 is 2.64 bits per heavy atom. The summed E-state index contributed by atoms with van der Waals surface area (Å²) in [5.74, 6) is 1.22. The third-order valence-electron chi connectivity index (χ3n) is 4.28. The van der Waals surface area contributed by atoms with Gasteiger partial charge in [-0.15, -0.1) is 0 Å². The molecule has 1 aliphatic rings. The zero-order chi connectivity index (χ0) is 19.9. The summed E-state index contributed by atoms with van der Waals surface area (Å²) in [5, 5.41) is 5.50. The molecule has 1 aliphatic heterocycles. The minimum Gasteiger partial charge on any atom is -0.493 e. The van der Waals surface area contributed by atoms with Crippen molar-refractivity contribution < 1.29 is 23.8 Å². The quantitative estimate of drug-likeness (QED) is 0.766. The van der Waals surface area contributed by atoms with Crippen molar-refractivity contribution in [2.45, 2.75) is 19.9 Å². The SMILES string of the molecule is CCOc1ccccc1C(=O)NCC(=O)N[C@@H](C)c1ccc2c(c1)OCCO2. The van der Waals surface area contributed by atoms with Gasteiger partial charge in [-0.25, -0.2) is 0 Å². The first-order valence-corrected chi connectivity index (χ1v) is 9.27. The van der Waals surface area contributed by atoms with Crippen LogP contribution in [0.2, 0.25) is 0 Å². The van der Waals surface area contributed by atoms with Crippen LogP contribution in [0.4, 0.5) is 0 Å². The summed E-state index contributed by atoms with van der Waals surface area (Å²) >= 11 is 0. The number of carbonyl (C=O) groups is 2. The molecular formula is C21H24N2O5. The van der Waals surface area contributed by atoms with Gasteiger partial charge in [-0.05, 0) is 43.7 Å². The first kappa shape index (κ1) is 19.5. The van der Waals surface area contributed by atoms with E-state index >= 15 is 0 Å². The van der Waals surface area contributed by atoms with Crippen LogP contribution in [0.15, 0.2) is 42.5 Å². The van der Waals surface area contributed by atoms with Crippen LogP contribution in [0, 0.1) is 0 Å². The average molecular weight is 384 g/mol. The van der Waals surface area contributed by atoms with E-state index in [2.05, 4.69) is 10.6 Å². The molecular weight excluding hydrogens is 360 g/mol. The molecule has 0 aliphatic carbocycles. The number of rotatable bonds is 7. The predicted octanol–water partition coefficient (Wildman–Crippen LogP) is 2.46. The highest BCUT2D eigenvalue weighted by Crippen LogP contribution is 2.32. The van der Waals surface area contributed by atoms with E-state index in [1.807, 2.05) is 32.0 Å². The van der Waals surface area contributed by atoms with E-state index in [4.69, 9.17) is 14.2 Å². The zero-order valence-corrected chi connectivity index (χ0v) is 16.0. The summed E-state index contributed by atoms with van der Waals surface area (Å²) in [4.78, 5) is 24.6. The number of para-hydroxylation sites is 1. The van der Waals surface area contributed by atoms with Crippen molar-refractivity contribution >= 4 is 11.8 Å². The van der Waals surface area contributed by atoms with Crippen molar-refractivity contribution in [2.24, 2.45) is 0 Å². The zero-order valence-electron chi connectivity index (χ0n) is 16.0. The Kier molecular flexibility index (Phi) is 6.37. The van der Waals surface area contributed by atoms with Gasteiger partial charge in [-0.2, -0.15) is 0 Å². The molecule has 148 valence electrons. The average Bonchev–Trinajstić information content (AvgIpc) is 2.72. The second kappa shape index (κ2) is 9.12. The molecule has 0 radical (unpaired) electrons. The lowest BCUT2D eigenvalue weighted by molar-refractivity contribution is -0.120. The summed E-state index contributed by atoms with van der Waals surface area (Å²) in [7, 11) is 0. The van der Waals surface area contributed by atoms with Crippen molar-refractivity contribution in [3.63, 3.8) is 0 Å². The Bertz CT molecular complexity index is 852. The van der Waals surface area contributed by atoms with Crippen LogP contribution in [0.3, 0.4) is 0 Å². The van der Waals surface area contributed by atoms with Gasteiger partial charge in [-0.1, -0.05) is 18.2 Å². The van der Waals surface area contributed by atoms with Crippen LogP contribution < -0.4 is 24.8 Å². The maximum absolute atomic E-state index is 12.4. The summed E-state index contributed by atoms with van der Waals surface area (Å²) in [6, 6.07) is 12.3. The number of carbonyl (C=O) groups excluding carboxylic acids is 2. The van der Waals surface area contributed by atoms with E-state index in [0.717, 1.165) is 5.56 Å². The molecule has 28 heavy (non-hydrogen) atoms. The Morgan fingerprint density at radius 2 is 1.86 bits per heavy atom. The smallest absolute Gasteiger partial charge is 0.255 e. The van der Waals surface area contributed by atoms with Gasteiger partial charge in [-0.3, -0.25) is 9.59 Å². The molecule has 7 nitrogen and oxygen atoms in total. The van der Waals surface area contributed by atoms with Crippen molar-refractivity contribution in [3.8, 4) is 17.2 Å². The molecule has 2 aromatic rings. The van der Waals surface area contributed by atoms with Gasteiger partial charge in [0.2, 0.25) is 5.91 Å². The maximum atomic E-state index is 12.4. The Balaban J connectivity index is 1.55. The lowest BCUT2D eigenvalue weighted by Gasteiger charge is -2.21. The lowest BCUT2D eigenvalue weighted by atomic mass is 10.1. The Morgan fingerprint density at radius 1 is 1.11 bits per heavy atom. The molecule has 0 aromatic heterocycles. The predicted molar refractivity (Wildman–Crippen MR) is 104 cm³/mol. The summed E-state index contributed by atoms with van der Waals surface area (Å²) in [6.07, 6.45) is 0. The first-order valence-electron chi connectivity index (χ1n) is 9.27. The number of amides is 2. The molecule has 0 bridgehead atoms. The van der Waals surface area contributed by atoms with Crippen molar-refractivity contribution in [3.05, 3.63) is 53.6 Å². The van der Waals surface area contributed by atoms with E-state index in [1.165, 1.54) is 0 Å². The summed E-state index contributed by atoms with van der Waals surface area (Å²) < 4.78 is 16.5. The second-order valence-corrected chi connectivity index (χ2v) is 6.30. The normalized spacial score (nSPS) is 13.4. The van der Waals surface area contributed by atoms with Gasteiger partial charge >= 0.3 is 0 Å². The Labute approximate surface area is 164 Å². The topological polar surface area (TPSA) is 85.9 Å². The van der Waals surface area contributed by atoms with Gasteiger partial charge in [0.25, 0.3) is 5.91 Å². The molecule has 1 atom stereocenters. The number of fused-ring (bicyclic) bond motifs is 1. The highest BCUT2D eigenvalue weighted by molar-refractivity contribution is 5.98. The lowest BCUT2D eigenvalue weighted by Crippen LogP contribution is -2.38. The molecule has 2 amide bonds. The van der Waals surface area contributed by atoms with Crippen molar-refractivity contribution in [1.82, 2.24) is 10.6 Å². The Hall–Kier alpha value is -3.22. The van der Waals surface area contributed by atoms with E-state index < -0.39 is 0 Å². The van der Waals surface area contributed by atoms with Gasteiger partial charge in [0.05, 0.1) is 24.8 Å². The van der Waals surface area contributed by atoms with Crippen molar-refractivity contribution in [1.29, 1.82) is 0 Å². The van der Waals surface area contributed by atoms with Crippen LogP contribution in [0.1, 0.15) is 35.8 Å². The summed E-state index contributed by atoms with van der Waals surface area (Å²) in [6.45, 7) is 5.08. The number of hydrogen-bond donors (Lipinski definition) is 2. The monoisotopic (exact) mass is 384 g/mol. The number of benzene rings is 2.